The van der Waals surface area contributed by atoms with Crippen molar-refractivity contribution in [2.45, 2.75) is 25.3 Å². The van der Waals surface area contributed by atoms with E-state index in [2.05, 4.69) is 4.90 Å². The van der Waals surface area contributed by atoms with Crippen molar-refractivity contribution in [3.8, 4) is 5.75 Å². The molecular weight excluding hydrogens is 284 g/mol. The third kappa shape index (κ3) is 3.96. The summed E-state index contributed by atoms with van der Waals surface area (Å²) in [5.74, 6) is 0.971. The summed E-state index contributed by atoms with van der Waals surface area (Å²) in [6.45, 7) is 4.07. The van der Waals surface area contributed by atoms with Crippen LogP contribution in [0.5, 0.6) is 5.75 Å². The van der Waals surface area contributed by atoms with Crippen LogP contribution in [-0.2, 0) is 4.74 Å². The van der Waals surface area contributed by atoms with Crippen LogP contribution in [0.4, 0.5) is 5.69 Å². The van der Waals surface area contributed by atoms with Gasteiger partial charge in [-0.1, -0.05) is 12.1 Å². The Hall–Kier alpha value is -1.66. The fourth-order valence-corrected chi connectivity index (χ4v) is 2.92. The van der Waals surface area contributed by atoms with E-state index in [4.69, 9.17) is 9.47 Å². The van der Waals surface area contributed by atoms with Crippen LogP contribution in [0, 0.1) is 16.0 Å². The van der Waals surface area contributed by atoms with Crippen molar-refractivity contribution >= 4 is 5.69 Å². The van der Waals surface area contributed by atoms with E-state index in [1.165, 1.54) is 18.9 Å². The van der Waals surface area contributed by atoms with E-state index in [9.17, 15) is 10.1 Å². The Morgan fingerprint density at radius 1 is 1.32 bits per heavy atom. The summed E-state index contributed by atoms with van der Waals surface area (Å²) < 4.78 is 11.1. The highest BCUT2D eigenvalue weighted by molar-refractivity contribution is 5.45. The molecule has 6 heteroatoms. The molecule has 2 aliphatic rings. The summed E-state index contributed by atoms with van der Waals surface area (Å²) in [6, 6.07) is 7.21. The maximum atomic E-state index is 11.0. The lowest BCUT2D eigenvalue weighted by molar-refractivity contribution is -0.385. The summed E-state index contributed by atoms with van der Waals surface area (Å²) >= 11 is 0. The fraction of sp³-hybridized carbons (Fsp3) is 0.625. The number of nitro groups is 1. The van der Waals surface area contributed by atoms with Gasteiger partial charge in [0.2, 0.25) is 0 Å². The Morgan fingerprint density at radius 3 is 2.82 bits per heavy atom. The standard InChI is InChI=1S/C16H22N2O4/c19-18(20)15-3-1-2-4-16(15)22-10-8-17(14-5-6-14)11-13-7-9-21-12-13/h1-4,13-14H,5-12H2/t13-/m1/s1. The second-order valence-electron chi connectivity index (χ2n) is 6.03. The van der Waals surface area contributed by atoms with Gasteiger partial charge in [0.15, 0.2) is 5.75 Å². The van der Waals surface area contributed by atoms with Crippen LogP contribution in [0.1, 0.15) is 19.3 Å². The molecule has 1 saturated carbocycles. The molecule has 3 rings (SSSR count). The Labute approximate surface area is 130 Å². The van der Waals surface area contributed by atoms with E-state index in [1.54, 1.807) is 18.2 Å². The topological polar surface area (TPSA) is 64.8 Å². The molecule has 0 N–H and O–H groups in total. The molecule has 22 heavy (non-hydrogen) atoms. The molecule has 0 amide bonds. The first kappa shape index (κ1) is 15.2. The number of hydrogen-bond acceptors (Lipinski definition) is 5. The lowest BCUT2D eigenvalue weighted by Gasteiger charge is -2.24. The van der Waals surface area contributed by atoms with Crippen LogP contribution in [0.3, 0.4) is 0 Å². The minimum absolute atomic E-state index is 0.0321. The van der Waals surface area contributed by atoms with Gasteiger partial charge in [-0.15, -0.1) is 0 Å². The molecule has 1 aliphatic carbocycles. The van der Waals surface area contributed by atoms with Gasteiger partial charge in [-0.25, -0.2) is 0 Å². The van der Waals surface area contributed by atoms with Crippen LogP contribution < -0.4 is 4.74 Å². The second kappa shape index (κ2) is 7.07. The molecule has 0 radical (unpaired) electrons. The first-order valence-corrected chi connectivity index (χ1v) is 7.92. The molecule has 1 aromatic rings. The minimum atomic E-state index is -0.399. The van der Waals surface area contributed by atoms with Crippen LogP contribution in [0.25, 0.3) is 0 Å². The van der Waals surface area contributed by atoms with Gasteiger partial charge in [0.25, 0.3) is 0 Å². The maximum absolute atomic E-state index is 11.0. The molecule has 2 fully saturated rings. The lowest BCUT2D eigenvalue weighted by atomic mass is 10.1. The summed E-state index contributed by atoms with van der Waals surface area (Å²) in [4.78, 5) is 13.0. The van der Waals surface area contributed by atoms with Crippen molar-refractivity contribution in [3.63, 3.8) is 0 Å². The summed E-state index contributed by atoms with van der Waals surface area (Å²) in [5, 5.41) is 11.0. The number of nitrogens with zero attached hydrogens (tertiary/aromatic N) is 2. The Kier molecular flexibility index (Phi) is 4.90. The maximum Gasteiger partial charge on any atom is 0.310 e. The van der Waals surface area contributed by atoms with Crippen LogP contribution in [0.2, 0.25) is 0 Å². The molecule has 1 saturated heterocycles. The van der Waals surface area contributed by atoms with E-state index >= 15 is 0 Å². The molecular formula is C16H22N2O4. The van der Waals surface area contributed by atoms with Gasteiger partial charge in [0, 0.05) is 31.8 Å². The van der Waals surface area contributed by atoms with Gasteiger partial charge in [-0.05, 0) is 31.2 Å². The first-order valence-electron chi connectivity index (χ1n) is 7.92. The molecule has 0 unspecified atom stereocenters. The quantitative estimate of drug-likeness (QED) is 0.545. The van der Waals surface area contributed by atoms with Crippen molar-refractivity contribution in [2.24, 2.45) is 5.92 Å². The number of ether oxygens (including phenoxy) is 2. The zero-order valence-electron chi connectivity index (χ0n) is 12.6. The predicted octanol–water partition coefficient (Wildman–Crippen LogP) is 2.47. The number of para-hydroxylation sites is 2. The average molecular weight is 306 g/mol. The predicted molar refractivity (Wildman–Crippen MR) is 82.1 cm³/mol. The van der Waals surface area contributed by atoms with Gasteiger partial charge >= 0.3 is 5.69 Å². The highest BCUT2D eigenvalue weighted by atomic mass is 16.6. The summed E-state index contributed by atoms with van der Waals surface area (Å²) in [5.41, 5.74) is 0.0321. The molecule has 120 valence electrons. The van der Waals surface area contributed by atoms with Crippen molar-refractivity contribution in [1.82, 2.24) is 4.90 Å². The van der Waals surface area contributed by atoms with Crippen molar-refractivity contribution < 1.29 is 14.4 Å². The normalized spacial score (nSPS) is 21.2. The molecule has 0 aromatic heterocycles. The average Bonchev–Trinajstić information content (AvgIpc) is 3.24. The highest BCUT2D eigenvalue weighted by Crippen LogP contribution is 2.29. The summed E-state index contributed by atoms with van der Waals surface area (Å²) in [7, 11) is 0. The highest BCUT2D eigenvalue weighted by Gasteiger charge is 2.31. The molecule has 1 aromatic carbocycles. The molecule has 0 bridgehead atoms. The monoisotopic (exact) mass is 306 g/mol. The molecule has 1 heterocycles. The number of nitro benzene ring substituents is 1. The van der Waals surface area contributed by atoms with Crippen molar-refractivity contribution in [1.29, 1.82) is 0 Å². The van der Waals surface area contributed by atoms with Crippen molar-refractivity contribution in [2.75, 3.05) is 32.9 Å². The molecule has 1 atom stereocenters. The lowest BCUT2D eigenvalue weighted by Crippen LogP contribution is -2.35. The van der Waals surface area contributed by atoms with E-state index in [0.29, 0.717) is 24.3 Å². The Morgan fingerprint density at radius 2 is 2.14 bits per heavy atom. The molecule has 0 spiro atoms. The number of benzene rings is 1. The van der Waals surface area contributed by atoms with Crippen molar-refractivity contribution in [3.05, 3.63) is 34.4 Å². The van der Waals surface area contributed by atoms with Crippen LogP contribution >= 0.6 is 0 Å². The second-order valence-corrected chi connectivity index (χ2v) is 6.03. The summed E-state index contributed by atoms with van der Waals surface area (Å²) in [6.07, 6.45) is 3.63. The van der Waals surface area contributed by atoms with E-state index < -0.39 is 4.92 Å². The van der Waals surface area contributed by atoms with Gasteiger partial charge in [0.05, 0.1) is 11.5 Å². The smallest absolute Gasteiger partial charge is 0.310 e. The van der Waals surface area contributed by atoms with Gasteiger partial charge in [0.1, 0.15) is 6.61 Å². The van der Waals surface area contributed by atoms with E-state index in [1.807, 2.05) is 0 Å². The minimum Gasteiger partial charge on any atom is -0.485 e. The SMILES string of the molecule is O=[N+]([O-])c1ccccc1OCCN(C[C@H]1CCOC1)C1CC1. The van der Waals surface area contributed by atoms with Crippen LogP contribution in [-0.4, -0.2) is 48.8 Å². The third-order valence-corrected chi connectivity index (χ3v) is 4.28. The largest absolute Gasteiger partial charge is 0.485 e. The molecule has 6 nitrogen and oxygen atoms in total. The first-order chi connectivity index (χ1) is 10.7. The number of hydrogen-bond donors (Lipinski definition) is 0. The zero-order chi connectivity index (χ0) is 15.4. The third-order valence-electron chi connectivity index (χ3n) is 4.28. The molecule has 1 aliphatic heterocycles. The van der Waals surface area contributed by atoms with Gasteiger partial charge in [-0.3, -0.25) is 15.0 Å². The zero-order valence-corrected chi connectivity index (χ0v) is 12.6. The van der Waals surface area contributed by atoms with E-state index in [0.717, 1.165) is 32.7 Å². The van der Waals surface area contributed by atoms with E-state index in [-0.39, 0.29) is 5.69 Å². The number of rotatable bonds is 8. The Bertz CT molecular complexity index is 513. The van der Waals surface area contributed by atoms with Crippen LogP contribution in [0.15, 0.2) is 24.3 Å². The Balaban J connectivity index is 1.51. The fourth-order valence-electron chi connectivity index (χ4n) is 2.92. The van der Waals surface area contributed by atoms with Gasteiger partial charge < -0.3 is 9.47 Å². The van der Waals surface area contributed by atoms with Gasteiger partial charge in [-0.2, -0.15) is 0 Å².